The van der Waals surface area contributed by atoms with Gasteiger partial charge in [0.25, 0.3) is 5.91 Å². The largest absolute Gasteiger partial charge is 0.497 e. The van der Waals surface area contributed by atoms with Crippen molar-refractivity contribution in [3.63, 3.8) is 0 Å². The molecular weight excluding hydrogens is 330 g/mol. The van der Waals surface area contributed by atoms with Gasteiger partial charge in [0.15, 0.2) is 0 Å². The van der Waals surface area contributed by atoms with Gasteiger partial charge in [-0.3, -0.25) is 4.79 Å². The number of furan rings is 1. The molecule has 136 valence electrons. The summed E-state index contributed by atoms with van der Waals surface area (Å²) < 4.78 is 16.5. The minimum absolute atomic E-state index is 0.102. The topological polar surface area (TPSA) is 51.9 Å². The average molecular weight is 353 g/mol. The van der Waals surface area contributed by atoms with Gasteiger partial charge >= 0.3 is 0 Å². The number of aryl methyl sites for hydroxylation is 1. The Kier molecular flexibility index (Phi) is 5.16. The number of fused-ring (bicyclic) bond motifs is 1. The maximum Gasteiger partial charge on any atom is 0.254 e. The van der Waals surface area contributed by atoms with Crippen molar-refractivity contribution < 1.29 is 18.7 Å². The summed E-state index contributed by atoms with van der Waals surface area (Å²) in [5.74, 6) is 1.98. The van der Waals surface area contributed by atoms with Crippen LogP contribution in [0.25, 0.3) is 11.0 Å². The Bertz CT molecular complexity index is 907. The molecule has 0 aliphatic carbocycles. The quantitative estimate of drug-likeness (QED) is 0.663. The van der Waals surface area contributed by atoms with E-state index in [1.165, 1.54) is 0 Å². The van der Waals surface area contributed by atoms with Gasteiger partial charge in [-0.25, -0.2) is 0 Å². The second-order valence-corrected chi connectivity index (χ2v) is 6.12. The van der Waals surface area contributed by atoms with E-state index in [1.54, 1.807) is 44.4 Å². The Balaban J connectivity index is 1.91. The number of carbonyl (C=O) groups excluding carboxylic acids is 1. The highest BCUT2D eigenvalue weighted by Crippen LogP contribution is 2.28. The molecule has 0 N–H and O–H groups in total. The number of rotatable bonds is 6. The van der Waals surface area contributed by atoms with Crippen LogP contribution in [0.2, 0.25) is 0 Å². The zero-order chi connectivity index (χ0) is 18.7. The van der Waals surface area contributed by atoms with Crippen LogP contribution in [-0.2, 0) is 13.0 Å². The van der Waals surface area contributed by atoms with Gasteiger partial charge in [-0.2, -0.15) is 0 Å². The van der Waals surface area contributed by atoms with Crippen LogP contribution < -0.4 is 9.47 Å². The monoisotopic (exact) mass is 353 g/mol. The second-order valence-electron chi connectivity index (χ2n) is 6.12. The number of para-hydroxylation sites is 1. The standard InChI is InChI=1S/C21H23NO4/c1-5-19-18(17-8-6-7-9-20(17)26-19)13-22(2)21(23)14-10-15(24-3)12-16(11-14)25-4/h6-12H,5,13H2,1-4H3. The summed E-state index contributed by atoms with van der Waals surface area (Å²) >= 11 is 0. The first-order chi connectivity index (χ1) is 12.6. The van der Waals surface area contributed by atoms with E-state index in [2.05, 4.69) is 6.92 Å². The summed E-state index contributed by atoms with van der Waals surface area (Å²) in [6.07, 6.45) is 0.777. The van der Waals surface area contributed by atoms with E-state index in [4.69, 9.17) is 13.9 Å². The van der Waals surface area contributed by atoms with Crippen molar-refractivity contribution in [2.24, 2.45) is 0 Å². The lowest BCUT2D eigenvalue weighted by molar-refractivity contribution is 0.0784. The summed E-state index contributed by atoms with van der Waals surface area (Å²) in [5, 5.41) is 1.05. The Morgan fingerprint density at radius 1 is 1.08 bits per heavy atom. The van der Waals surface area contributed by atoms with Crippen molar-refractivity contribution in [3.8, 4) is 11.5 Å². The molecule has 5 nitrogen and oxygen atoms in total. The fraction of sp³-hybridized carbons (Fsp3) is 0.286. The number of benzene rings is 2. The smallest absolute Gasteiger partial charge is 0.254 e. The third kappa shape index (κ3) is 3.38. The summed E-state index contributed by atoms with van der Waals surface area (Å²) in [7, 11) is 4.92. The molecule has 0 saturated heterocycles. The van der Waals surface area contributed by atoms with Gasteiger partial charge in [0.1, 0.15) is 22.8 Å². The predicted molar refractivity (Wildman–Crippen MR) is 101 cm³/mol. The lowest BCUT2D eigenvalue weighted by Gasteiger charge is -2.18. The van der Waals surface area contributed by atoms with Crippen molar-refractivity contribution in [2.45, 2.75) is 19.9 Å². The molecule has 3 aromatic rings. The molecule has 26 heavy (non-hydrogen) atoms. The van der Waals surface area contributed by atoms with Crippen LogP contribution in [0.3, 0.4) is 0 Å². The maximum atomic E-state index is 12.9. The van der Waals surface area contributed by atoms with Gasteiger partial charge in [-0.05, 0) is 18.2 Å². The lowest BCUT2D eigenvalue weighted by Crippen LogP contribution is -2.26. The first kappa shape index (κ1) is 17.9. The zero-order valence-corrected chi connectivity index (χ0v) is 15.5. The summed E-state index contributed by atoms with van der Waals surface area (Å²) in [4.78, 5) is 14.6. The van der Waals surface area contributed by atoms with Gasteiger partial charge in [0, 0.05) is 42.6 Å². The molecule has 0 aliphatic rings. The predicted octanol–water partition coefficient (Wildman–Crippen LogP) is 4.28. The molecule has 0 aliphatic heterocycles. The summed E-state index contributed by atoms with van der Waals surface area (Å²) in [6, 6.07) is 13.1. The maximum absolute atomic E-state index is 12.9. The van der Waals surface area contributed by atoms with Gasteiger partial charge < -0.3 is 18.8 Å². The number of hydrogen-bond acceptors (Lipinski definition) is 4. The van der Waals surface area contributed by atoms with Crippen molar-refractivity contribution in [2.75, 3.05) is 21.3 Å². The molecular formula is C21H23NO4. The Morgan fingerprint density at radius 3 is 2.35 bits per heavy atom. The van der Waals surface area contributed by atoms with Crippen molar-refractivity contribution in [1.29, 1.82) is 0 Å². The number of ether oxygens (including phenoxy) is 2. The molecule has 0 atom stereocenters. The van der Waals surface area contributed by atoms with E-state index in [0.717, 1.165) is 28.7 Å². The van der Waals surface area contributed by atoms with Crippen LogP contribution in [0.5, 0.6) is 11.5 Å². The highest BCUT2D eigenvalue weighted by atomic mass is 16.5. The third-order valence-electron chi connectivity index (χ3n) is 4.44. The molecule has 0 unspecified atom stereocenters. The molecule has 0 bridgehead atoms. The van der Waals surface area contributed by atoms with Crippen LogP contribution in [-0.4, -0.2) is 32.1 Å². The molecule has 5 heteroatoms. The minimum atomic E-state index is -0.102. The summed E-state index contributed by atoms with van der Waals surface area (Å²) in [6.45, 7) is 2.52. The minimum Gasteiger partial charge on any atom is -0.497 e. The van der Waals surface area contributed by atoms with Gasteiger partial charge in [0.2, 0.25) is 0 Å². The van der Waals surface area contributed by atoms with E-state index < -0.39 is 0 Å². The summed E-state index contributed by atoms with van der Waals surface area (Å²) in [5.41, 5.74) is 2.42. The van der Waals surface area contributed by atoms with Crippen LogP contribution in [0.1, 0.15) is 28.6 Å². The molecule has 0 saturated carbocycles. The van der Waals surface area contributed by atoms with Gasteiger partial charge in [0.05, 0.1) is 14.2 Å². The molecule has 0 spiro atoms. The zero-order valence-electron chi connectivity index (χ0n) is 15.5. The molecule has 3 rings (SSSR count). The van der Waals surface area contributed by atoms with E-state index in [0.29, 0.717) is 23.6 Å². The number of hydrogen-bond donors (Lipinski definition) is 0. The molecule has 1 aromatic heterocycles. The number of methoxy groups -OCH3 is 2. The van der Waals surface area contributed by atoms with Crippen LogP contribution in [0, 0.1) is 0 Å². The molecule has 1 heterocycles. The number of nitrogens with zero attached hydrogens (tertiary/aromatic N) is 1. The van der Waals surface area contributed by atoms with E-state index >= 15 is 0 Å². The fourth-order valence-electron chi connectivity index (χ4n) is 3.07. The fourth-order valence-corrected chi connectivity index (χ4v) is 3.07. The van der Waals surface area contributed by atoms with Crippen LogP contribution in [0.4, 0.5) is 0 Å². The highest BCUT2D eigenvalue weighted by Gasteiger charge is 2.19. The normalized spacial score (nSPS) is 10.8. The Labute approximate surface area is 153 Å². The third-order valence-corrected chi connectivity index (χ3v) is 4.44. The Hall–Kier alpha value is -2.95. The highest BCUT2D eigenvalue weighted by molar-refractivity contribution is 5.95. The van der Waals surface area contributed by atoms with Gasteiger partial charge in [-0.1, -0.05) is 25.1 Å². The van der Waals surface area contributed by atoms with Crippen LogP contribution >= 0.6 is 0 Å². The van der Waals surface area contributed by atoms with E-state index in [1.807, 2.05) is 24.3 Å². The van der Waals surface area contributed by atoms with Crippen molar-refractivity contribution in [3.05, 3.63) is 59.4 Å². The van der Waals surface area contributed by atoms with Gasteiger partial charge in [-0.15, -0.1) is 0 Å². The molecule has 1 amide bonds. The van der Waals surface area contributed by atoms with E-state index in [9.17, 15) is 4.79 Å². The second kappa shape index (κ2) is 7.52. The first-order valence-corrected chi connectivity index (χ1v) is 8.55. The Morgan fingerprint density at radius 2 is 1.73 bits per heavy atom. The molecule has 0 fully saturated rings. The number of carbonyl (C=O) groups is 1. The SMILES string of the molecule is CCc1oc2ccccc2c1CN(C)C(=O)c1cc(OC)cc(OC)c1. The number of amides is 1. The molecule has 0 radical (unpaired) electrons. The van der Waals surface area contributed by atoms with Crippen molar-refractivity contribution >= 4 is 16.9 Å². The van der Waals surface area contributed by atoms with Crippen LogP contribution in [0.15, 0.2) is 46.9 Å². The first-order valence-electron chi connectivity index (χ1n) is 8.55. The lowest BCUT2D eigenvalue weighted by atomic mass is 10.1. The molecule has 2 aromatic carbocycles. The average Bonchev–Trinajstić information content (AvgIpc) is 3.04. The van der Waals surface area contributed by atoms with Crippen molar-refractivity contribution in [1.82, 2.24) is 4.90 Å². The van der Waals surface area contributed by atoms with E-state index in [-0.39, 0.29) is 5.91 Å².